The molecule has 0 radical (unpaired) electrons. The van der Waals surface area contributed by atoms with Gasteiger partial charge in [0.1, 0.15) is 11.9 Å². The number of alkyl halides is 3. The number of halogens is 3. The van der Waals surface area contributed by atoms with E-state index < -0.39 is 17.9 Å². The van der Waals surface area contributed by atoms with Gasteiger partial charge in [-0.05, 0) is 11.1 Å². The molecule has 29 heavy (non-hydrogen) atoms. The van der Waals surface area contributed by atoms with Crippen LogP contribution in [0.1, 0.15) is 23.7 Å². The second kappa shape index (κ2) is 7.43. The van der Waals surface area contributed by atoms with Gasteiger partial charge >= 0.3 is 6.18 Å². The minimum atomic E-state index is -4.55. The van der Waals surface area contributed by atoms with E-state index in [1.165, 1.54) is 6.20 Å². The Hall–Kier alpha value is -3.01. The number of H-pyrrole nitrogens is 1. The third kappa shape index (κ3) is 3.67. The van der Waals surface area contributed by atoms with E-state index in [0.29, 0.717) is 12.2 Å². The van der Waals surface area contributed by atoms with Crippen LogP contribution in [0.5, 0.6) is 0 Å². The predicted molar refractivity (Wildman–Crippen MR) is 99.3 cm³/mol. The van der Waals surface area contributed by atoms with Crippen molar-refractivity contribution >= 4 is 6.21 Å². The summed E-state index contributed by atoms with van der Waals surface area (Å²) in [6, 6.07) is -0.820. The molecular formula is C19H20F3N5O2. The van der Waals surface area contributed by atoms with E-state index in [0.717, 1.165) is 11.1 Å². The smallest absolute Gasteiger partial charge is 0.435 e. The first-order valence-electron chi connectivity index (χ1n) is 9.01. The van der Waals surface area contributed by atoms with Crippen LogP contribution in [-0.2, 0) is 15.7 Å². The van der Waals surface area contributed by atoms with Gasteiger partial charge in [0.2, 0.25) is 0 Å². The number of aromatic nitrogens is 2. The van der Waals surface area contributed by atoms with Gasteiger partial charge in [0.15, 0.2) is 12.5 Å². The van der Waals surface area contributed by atoms with E-state index in [4.69, 9.17) is 9.47 Å². The number of hydrogen-bond acceptors (Lipinski definition) is 6. The van der Waals surface area contributed by atoms with Crippen molar-refractivity contribution < 1.29 is 22.6 Å². The molecule has 0 aromatic carbocycles. The third-order valence-corrected chi connectivity index (χ3v) is 5.17. The molecule has 4 unspecified atom stereocenters. The van der Waals surface area contributed by atoms with Crippen LogP contribution in [0.25, 0.3) is 0 Å². The monoisotopic (exact) mass is 407 g/mol. The first-order valence-corrected chi connectivity index (χ1v) is 9.01. The highest BCUT2D eigenvalue weighted by Crippen LogP contribution is 2.38. The van der Waals surface area contributed by atoms with Gasteiger partial charge in [-0.1, -0.05) is 18.7 Å². The van der Waals surface area contributed by atoms with Crippen molar-refractivity contribution in [2.45, 2.75) is 30.8 Å². The molecule has 0 saturated carbocycles. The van der Waals surface area contributed by atoms with E-state index in [2.05, 4.69) is 39.2 Å². The Morgan fingerprint density at radius 3 is 2.86 bits per heavy atom. The molecule has 7 nitrogen and oxygen atoms in total. The van der Waals surface area contributed by atoms with Gasteiger partial charge in [-0.2, -0.15) is 23.4 Å². The maximum atomic E-state index is 13.3. The minimum absolute atomic E-state index is 0.0196. The SMILES string of the molecule is C=CC1NN=CC1C1=CNC(c2c[nH]nc2C(F)(F)F)C=C1CC1OCOC1=C. The zero-order valence-corrected chi connectivity index (χ0v) is 15.4. The zero-order chi connectivity index (χ0) is 20.6. The molecule has 4 atom stereocenters. The fourth-order valence-corrected chi connectivity index (χ4v) is 3.66. The third-order valence-electron chi connectivity index (χ3n) is 5.17. The average molecular weight is 407 g/mol. The molecule has 0 aliphatic carbocycles. The quantitative estimate of drug-likeness (QED) is 0.654. The molecule has 3 aliphatic heterocycles. The molecule has 1 fully saturated rings. The Kier molecular flexibility index (Phi) is 4.95. The van der Waals surface area contributed by atoms with Gasteiger partial charge in [-0.25, -0.2) is 0 Å². The normalized spacial score (nSPS) is 29.0. The first-order chi connectivity index (χ1) is 13.9. The number of hydrazone groups is 1. The van der Waals surface area contributed by atoms with Crippen LogP contribution in [0.15, 0.2) is 59.7 Å². The number of rotatable bonds is 5. The molecule has 1 aromatic heterocycles. The standard InChI is InChI=1S/C19H20F3N5O2/c1-3-15-13(7-24-26-15)12-6-23-16(14-8-25-27-18(14)19(20,21)22)4-11(12)5-17-10(2)28-9-29-17/h3-4,6-8,13,15-17,23,26H,1-2,5,9H2,(H,25,27). The first kappa shape index (κ1) is 19.3. The summed E-state index contributed by atoms with van der Waals surface area (Å²) in [7, 11) is 0. The summed E-state index contributed by atoms with van der Waals surface area (Å²) in [6.07, 6.45) is 3.73. The van der Waals surface area contributed by atoms with Gasteiger partial charge in [-0.15, -0.1) is 6.58 Å². The summed E-state index contributed by atoms with van der Waals surface area (Å²) in [5.41, 5.74) is 3.75. The van der Waals surface area contributed by atoms with Crippen LogP contribution in [0.4, 0.5) is 13.2 Å². The van der Waals surface area contributed by atoms with Crippen molar-refractivity contribution in [3.8, 4) is 0 Å². The molecule has 0 bridgehead atoms. The number of ether oxygens (including phenoxy) is 2. The number of dihydropyridines is 1. The average Bonchev–Trinajstić information content (AvgIpc) is 3.42. The maximum absolute atomic E-state index is 13.3. The summed E-state index contributed by atoms with van der Waals surface area (Å²) in [5.74, 6) is 0.382. The Labute approximate surface area is 165 Å². The Bertz CT molecular complexity index is 902. The molecule has 10 heteroatoms. The highest BCUT2D eigenvalue weighted by molar-refractivity contribution is 5.71. The lowest BCUT2D eigenvalue weighted by Crippen LogP contribution is -2.31. The zero-order valence-electron chi connectivity index (χ0n) is 15.4. The van der Waals surface area contributed by atoms with E-state index >= 15 is 0 Å². The number of aromatic amines is 1. The van der Waals surface area contributed by atoms with Crippen molar-refractivity contribution in [3.05, 3.63) is 65.9 Å². The molecule has 3 N–H and O–H groups in total. The van der Waals surface area contributed by atoms with Gasteiger partial charge in [0.05, 0.1) is 12.1 Å². The van der Waals surface area contributed by atoms with Gasteiger partial charge in [0.25, 0.3) is 0 Å². The number of nitrogens with zero attached hydrogens (tertiary/aromatic N) is 2. The highest BCUT2D eigenvalue weighted by atomic mass is 19.4. The van der Waals surface area contributed by atoms with Crippen molar-refractivity contribution in [2.24, 2.45) is 11.0 Å². The van der Waals surface area contributed by atoms with Gasteiger partial charge in [0, 0.05) is 36.5 Å². The topological polar surface area (TPSA) is 83.6 Å². The van der Waals surface area contributed by atoms with E-state index in [1.54, 1.807) is 24.6 Å². The van der Waals surface area contributed by atoms with Crippen LogP contribution < -0.4 is 10.7 Å². The van der Waals surface area contributed by atoms with Crippen molar-refractivity contribution in [3.63, 3.8) is 0 Å². The Morgan fingerprint density at radius 1 is 1.34 bits per heavy atom. The van der Waals surface area contributed by atoms with Crippen LogP contribution in [0.3, 0.4) is 0 Å². The molecule has 0 spiro atoms. The number of nitrogens with one attached hydrogen (secondary N) is 3. The number of hydrogen-bond donors (Lipinski definition) is 3. The lowest BCUT2D eigenvalue weighted by molar-refractivity contribution is -0.141. The molecule has 3 aliphatic rings. The van der Waals surface area contributed by atoms with Crippen LogP contribution in [0.2, 0.25) is 0 Å². The summed E-state index contributed by atoms with van der Waals surface area (Å²) in [6.45, 7) is 7.77. The van der Waals surface area contributed by atoms with Crippen molar-refractivity contribution in [1.29, 1.82) is 0 Å². The van der Waals surface area contributed by atoms with E-state index in [1.807, 2.05) is 0 Å². The van der Waals surface area contributed by atoms with Gasteiger partial charge in [-0.3, -0.25) is 5.10 Å². The van der Waals surface area contributed by atoms with Crippen molar-refractivity contribution in [2.75, 3.05) is 6.79 Å². The van der Waals surface area contributed by atoms with Crippen LogP contribution in [-0.4, -0.2) is 35.4 Å². The lowest BCUT2D eigenvalue weighted by Gasteiger charge is -2.29. The minimum Gasteiger partial charge on any atom is -0.470 e. The molecule has 154 valence electrons. The lowest BCUT2D eigenvalue weighted by atomic mass is 9.83. The molecule has 4 rings (SSSR count). The fraction of sp³-hybridized carbons (Fsp3) is 0.368. The molecule has 1 aromatic rings. The maximum Gasteiger partial charge on any atom is 0.435 e. The van der Waals surface area contributed by atoms with E-state index in [-0.39, 0.29) is 30.4 Å². The van der Waals surface area contributed by atoms with E-state index in [9.17, 15) is 13.2 Å². The summed E-state index contributed by atoms with van der Waals surface area (Å²) < 4.78 is 50.7. The second-order valence-electron chi connectivity index (χ2n) is 6.91. The summed E-state index contributed by atoms with van der Waals surface area (Å²) in [4.78, 5) is 0. The molecule has 1 saturated heterocycles. The highest BCUT2D eigenvalue weighted by Gasteiger charge is 2.39. The Morgan fingerprint density at radius 2 is 2.17 bits per heavy atom. The summed E-state index contributed by atoms with van der Waals surface area (Å²) in [5, 5.41) is 12.9. The predicted octanol–water partition coefficient (Wildman–Crippen LogP) is 2.92. The molecular weight excluding hydrogens is 387 g/mol. The second-order valence-corrected chi connectivity index (χ2v) is 6.91. The van der Waals surface area contributed by atoms with Crippen LogP contribution in [0, 0.1) is 5.92 Å². The molecule has 0 amide bonds. The fourth-order valence-electron chi connectivity index (χ4n) is 3.66. The summed E-state index contributed by atoms with van der Waals surface area (Å²) >= 11 is 0. The van der Waals surface area contributed by atoms with Crippen molar-refractivity contribution in [1.82, 2.24) is 20.9 Å². The van der Waals surface area contributed by atoms with Crippen LogP contribution >= 0.6 is 0 Å². The Balaban J connectivity index is 1.67. The molecule has 4 heterocycles. The largest absolute Gasteiger partial charge is 0.470 e. The van der Waals surface area contributed by atoms with Gasteiger partial charge < -0.3 is 20.2 Å².